The molecule has 96 valence electrons. The van der Waals surface area contributed by atoms with Gasteiger partial charge in [0.1, 0.15) is 5.82 Å². The maximum absolute atomic E-state index is 13.1. The van der Waals surface area contributed by atoms with Crippen molar-refractivity contribution in [1.29, 1.82) is 0 Å². The number of carboxylic acids is 1. The Morgan fingerprint density at radius 3 is 2.72 bits per heavy atom. The van der Waals surface area contributed by atoms with Crippen LogP contribution < -0.4 is 0 Å². The summed E-state index contributed by atoms with van der Waals surface area (Å²) in [6.07, 6.45) is 0.0636. The largest absolute Gasteiger partial charge is 0.481 e. The fraction of sp³-hybridized carbons (Fsp3) is 0.333. The van der Waals surface area contributed by atoms with Crippen molar-refractivity contribution >= 4 is 27.8 Å². The molecule has 0 bridgehead atoms. The Kier molecular flexibility index (Phi) is 3.65. The fourth-order valence-corrected chi connectivity index (χ4v) is 2.36. The molecule has 0 radical (unpaired) electrons. The normalized spacial score (nSPS) is 15.3. The lowest BCUT2D eigenvalue weighted by Gasteiger charge is -2.38. The van der Waals surface area contributed by atoms with Crippen LogP contribution >= 0.6 is 15.9 Å². The van der Waals surface area contributed by atoms with Crippen molar-refractivity contribution in [3.05, 3.63) is 34.1 Å². The first-order chi connectivity index (χ1) is 8.47. The van der Waals surface area contributed by atoms with E-state index in [4.69, 9.17) is 5.11 Å². The lowest BCUT2D eigenvalue weighted by Crippen LogP contribution is -2.50. The molecule has 1 aromatic carbocycles. The quantitative estimate of drug-likeness (QED) is 0.929. The first-order valence-corrected chi connectivity index (χ1v) is 6.23. The number of amides is 1. The van der Waals surface area contributed by atoms with E-state index < -0.39 is 11.8 Å². The van der Waals surface area contributed by atoms with Crippen LogP contribution in [0.2, 0.25) is 0 Å². The standard InChI is InChI=1S/C12H11BrFNO3/c13-10-2-1-8(14)4-9(10)12(18)15-5-7(6-15)3-11(16)17/h1-2,4,7H,3,5-6H2,(H,16,17). The fourth-order valence-electron chi connectivity index (χ4n) is 1.94. The molecule has 1 aliphatic heterocycles. The highest BCUT2D eigenvalue weighted by atomic mass is 79.9. The number of hydrogen-bond acceptors (Lipinski definition) is 2. The van der Waals surface area contributed by atoms with E-state index in [1.807, 2.05) is 0 Å². The van der Waals surface area contributed by atoms with Crippen molar-refractivity contribution in [2.75, 3.05) is 13.1 Å². The van der Waals surface area contributed by atoms with Gasteiger partial charge in [-0.05, 0) is 34.1 Å². The summed E-state index contributed by atoms with van der Waals surface area (Å²) in [6, 6.07) is 3.93. The topological polar surface area (TPSA) is 57.6 Å². The Morgan fingerprint density at radius 1 is 1.44 bits per heavy atom. The molecule has 1 amide bonds. The molecule has 0 atom stereocenters. The smallest absolute Gasteiger partial charge is 0.303 e. The third-order valence-corrected chi connectivity index (χ3v) is 3.56. The number of benzene rings is 1. The Labute approximate surface area is 112 Å². The molecule has 1 saturated heterocycles. The van der Waals surface area contributed by atoms with Gasteiger partial charge in [0.15, 0.2) is 0 Å². The number of rotatable bonds is 3. The first kappa shape index (κ1) is 13.0. The minimum atomic E-state index is -0.862. The van der Waals surface area contributed by atoms with E-state index in [0.717, 1.165) is 0 Å². The number of carbonyl (C=O) groups is 2. The molecule has 0 unspecified atom stereocenters. The van der Waals surface area contributed by atoms with Crippen LogP contribution in [0.25, 0.3) is 0 Å². The SMILES string of the molecule is O=C(O)CC1CN(C(=O)c2cc(F)ccc2Br)C1. The van der Waals surface area contributed by atoms with Gasteiger partial charge in [0, 0.05) is 23.5 Å². The monoisotopic (exact) mass is 315 g/mol. The zero-order valence-electron chi connectivity index (χ0n) is 9.40. The summed E-state index contributed by atoms with van der Waals surface area (Å²) in [4.78, 5) is 24.0. The zero-order chi connectivity index (χ0) is 13.3. The van der Waals surface area contributed by atoms with Gasteiger partial charge in [0.2, 0.25) is 0 Å². The van der Waals surface area contributed by atoms with Crippen molar-refractivity contribution in [1.82, 2.24) is 4.90 Å². The van der Waals surface area contributed by atoms with E-state index in [9.17, 15) is 14.0 Å². The van der Waals surface area contributed by atoms with Crippen LogP contribution in [-0.2, 0) is 4.79 Å². The lowest BCUT2D eigenvalue weighted by molar-refractivity contribution is -0.139. The van der Waals surface area contributed by atoms with Crippen LogP contribution in [0.3, 0.4) is 0 Å². The molecule has 18 heavy (non-hydrogen) atoms. The van der Waals surface area contributed by atoms with Crippen LogP contribution in [0.15, 0.2) is 22.7 Å². The highest BCUT2D eigenvalue weighted by Crippen LogP contribution is 2.25. The summed E-state index contributed by atoms with van der Waals surface area (Å²) in [5.74, 6) is -1.61. The number of nitrogens with zero attached hydrogens (tertiary/aromatic N) is 1. The second-order valence-corrected chi connectivity index (χ2v) is 5.15. The van der Waals surface area contributed by atoms with E-state index in [0.29, 0.717) is 17.6 Å². The Bertz CT molecular complexity index is 500. The van der Waals surface area contributed by atoms with Crippen molar-refractivity contribution in [2.45, 2.75) is 6.42 Å². The van der Waals surface area contributed by atoms with Crippen LogP contribution in [0.5, 0.6) is 0 Å². The second kappa shape index (κ2) is 5.06. The van der Waals surface area contributed by atoms with Crippen LogP contribution in [-0.4, -0.2) is 35.0 Å². The van der Waals surface area contributed by atoms with Crippen molar-refractivity contribution in [3.8, 4) is 0 Å². The predicted molar refractivity (Wildman–Crippen MR) is 65.7 cm³/mol. The van der Waals surface area contributed by atoms with Gasteiger partial charge >= 0.3 is 5.97 Å². The Morgan fingerprint density at radius 2 is 2.11 bits per heavy atom. The average Bonchev–Trinajstić information content (AvgIpc) is 2.25. The molecule has 1 aliphatic rings. The number of hydrogen-bond donors (Lipinski definition) is 1. The van der Waals surface area contributed by atoms with Gasteiger partial charge in [-0.1, -0.05) is 0 Å². The van der Waals surface area contributed by atoms with E-state index in [1.165, 1.54) is 23.1 Å². The summed E-state index contributed by atoms with van der Waals surface area (Å²) in [5, 5.41) is 8.61. The molecule has 6 heteroatoms. The van der Waals surface area contributed by atoms with E-state index in [1.54, 1.807) is 0 Å². The molecule has 1 heterocycles. The third kappa shape index (κ3) is 2.69. The molecular weight excluding hydrogens is 305 g/mol. The molecule has 1 fully saturated rings. The molecule has 2 rings (SSSR count). The number of carbonyl (C=O) groups excluding carboxylic acids is 1. The lowest BCUT2D eigenvalue weighted by atomic mass is 9.95. The third-order valence-electron chi connectivity index (χ3n) is 2.87. The molecular formula is C12H11BrFNO3. The van der Waals surface area contributed by atoms with Crippen LogP contribution in [0.4, 0.5) is 4.39 Å². The number of aliphatic carboxylic acids is 1. The maximum Gasteiger partial charge on any atom is 0.303 e. The average molecular weight is 316 g/mol. The number of carboxylic acid groups (broad SMARTS) is 1. The minimum Gasteiger partial charge on any atom is -0.481 e. The van der Waals surface area contributed by atoms with Gasteiger partial charge in [0.05, 0.1) is 12.0 Å². The van der Waals surface area contributed by atoms with E-state index in [-0.39, 0.29) is 23.8 Å². The molecule has 1 N–H and O–H groups in total. The van der Waals surface area contributed by atoms with Crippen LogP contribution in [0.1, 0.15) is 16.8 Å². The highest BCUT2D eigenvalue weighted by molar-refractivity contribution is 9.10. The van der Waals surface area contributed by atoms with Crippen molar-refractivity contribution in [3.63, 3.8) is 0 Å². The predicted octanol–water partition coefficient (Wildman–Crippen LogP) is 2.13. The molecule has 0 aliphatic carbocycles. The maximum atomic E-state index is 13.1. The molecule has 0 spiro atoms. The summed E-state index contributed by atoms with van der Waals surface area (Å²) >= 11 is 3.20. The zero-order valence-corrected chi connectivity index (χ0v) is 11.0. The summed E-state index contributed by atoms with van der Waals surface area (Å²) in [5.41, 5.74) is 0.267. The molecule has 4 nitrogen and oxygen atoms in total. The van der Waals surface area contributed by atoms with Gasteiger partial charge < -0.3 is 10.0 Å². The molecule has 0 aromatic heterocycles. The first-order valence-electron chi connectivity index (χ1n) is 5.43. The highest BCUT2D eigenvalue weighted by Gasteiger charge is 2.33. The summed E-state index contributed by atoms with van der Waals surface area (Å²) < 4.78 is 13.6. The molecule has 0 saturated carbocycles. The van der Waals surface area contributed by atoms with Gasteiger partial charge in [0.25, 0.3) is 5.91 Å². The van der Waals surface area contributed by atoms with Gasteiger partial charge in [-0.25, -0.2) is 4.39 Å². The number of halogens is 2. The van der Waals surface area contributed by atoms with Gasteiger partial charge in [-0.15, -0.1) is 0 Å². The molecule has 1 aromatic rings. The summed E-state index contributed by atoms with van der Waals surface area (Å²) in [7, 11) is 0. The summed E-state index contributed by atoms with van der Waals surface area (Å²) in [6.45, 7) is 0.822. The van der Waals surface area contributed by atoms with Crippen LogP contribution in [0, 0.1) is 11.7 Å². The number of likely N-dealkylation sites (tertiary alicyclic amines) is 1. The Hall–Kier alpha value is -1.43. The Balaban J connectivity index is 2.01. The van der Waals surface area contributed by atoms with Crippen molar-refractivity contribution < 1.29 is 19.1 Å². The van der Waals surface area contributed by atoms with Gasteiger partial charge in [-0.2, -0.15) is 0 Å². The second-order valence-electron chi connectivity index (χ2n) is 4.30. The minimum absolute atomic E-state index is 0.00113. The van der Waals surface area contributed by atoms with Gasteiger partial charge in [-0.3, -0.25) is 9.59 Å². The van der Waals surface area contributed by atoms with E-state index in [2.05, 4.69) is 15.9 Å². The van der Waals surface area contributed by atoms with E-state index >= 15 is 0 Å². The van der Waals surface area contributed by atoms with Crippen molar-refractivity contribution in [2.24, 2.45) is 5.92 Å².